The van der Waals surface area contributed by atoms with Gasteiger partial charge in [-0.1, -0.05) is 47.5 Å². The molecule has 0 bridgehead atoms. The topological polar surface area (TPSA) is 64.0 Å². The monoisotopic (exact) mass is 495 g/mol. The van der Waals surface area contributed by atoms with Crippen LogP contribution < -0.4 is 5.32 Å². The second-order valence-electron chi connectivity index (χ2n) is 7.74. The Morgan fingerprint density at radius 3 is 2.29 bits per heavy atom. The van der Waals surface area contributed by atoms with Crippen LogP contribution in [0.15, 0.2) is 66.7 Å². The number of hydrogen-bond acceptors (Lipinski definition) is 3. The van der Waals surface area contributed by atoms with Crippen molar-refractivity contribution in [3.8, 4) is 0 Å². The molecule has 0 atom stereocenters. The smallest absolute Gasteiger partial charge is 0.256 e. The van der Waals surface area contributed by atoms with Gasteiger partial charge in [0.1, 0.15) is 5.82 Å². The average molecular weight is 496 g/mol. The molecule has 1 N–H and O–H groups in total. The fourth-order valence-corrected chi connectivity index (χ4v) is 4.03. The number of nitrogens with one attached hydrogen (secondary N) is 1. The van der Waals surface area contributed by atoms with Crippen molar-refractivity contribution < 1.29 is 14.0 Å². The number of nitrogens with zero attached hydrogens (tertiary/aromatic N) is 2. The molecule has 34 heavy (non-hydrogen) atoms. The standard InChI is InChI=1S/C26H20Cl2FN3O2/c1-15-24(16(2)32(31-15)14-21-22(28)8-5-9-23(21)29)30-26(34)20-7-4-3-6-19(20)25(33)17-10-12-18(27)13-11-17/h3-13H,14H2,1-2H3,(H,30,34). The fourth-order valence-electron chi connectivity index (χ4n) is 3.68. The highest BCUT2D eigenvalue weighted by Gasteiger charge is 2.21. The number of ketones is 1. The lowest BCUT2D eigenvalue weighted by molar-refractivity contribution is 0.0996. The Kier molecular flexibility index (Phi) is 6.82. The zero-order valence-corrected chi connectivity index (χ0v) is 19.9. The molecule has 1 aromatic heterocycles. The Bertz CT molecular complexity index is 1380. The molecule has 0 aliphatic rings. The van der Waals surface area contributed by atoms with Crippen LogP contribution in [0.5, 0.6) is 0 Å². The van der Waals surface area contributed by atoms with E-state index in [-0.39, 0.29) is 23.5 Å². The van der Waals surface area contributed by atoms with Crippen LogP contribution in [-0.4, -0.2) is 21.5 Å². The fraction of sp³-hybridized carbons (Fsp3) is 0.115. The summed E-state index contributed by atoms with van der Waals surface area (Å²) in [5.41, 5.74) is 2.91. The Morgan fingerprint density at radius 1 is 0.941 bits per heavy atom. The van der Waals surface area contributed by atoms with E-state index in [0.717, 1.165) is 0 Å². The third-order valence-corrected chi connectivity index (χ3v) is 6.12. The number of rotatable bonds is 6. The van der Waals surface area contributed by atoms with Crippen molar-refractivity contribution in [2.45, 2.75) is 20.4 Å². The summed E-state index contributed by atoms with van der Waals surface area (Å²) >= 11 is 12.1. The van der Waals surface area contributed by atoms with E-state index in [1.54, 1.807) is 73.1 Å². The van der Waals surface area contributed by atoms with E-state index < -0.39 is 11.7 Å². The minimum atomic E-state index is -0.451. The molecule has 0 aliphatic carbocycles. The second-order valence-corrected chi connectivity index (χ2v) is 8.58. The maximum absolute atomic E-state index is 14.3. The first-order valence-electron chi connectivity index (χ1n) is 10.4. The van der Waals surface area contributed by atoms with Gasteiger partial charge in [0.15, 0.2) is 5.78 Å². The van der Waals surface area contributed by atoms with Gasteiger partial charge in [-0.25, -0.2) is 4.39 Å². The third-order valence-electron chi connectivity index (χ3n) is 5.51. The lowest BCUT2D eigenvalue weighted by Gasteiger charge is -2.11. The second kappa shape index (κ2) is 9.79. The van der Waals surface area contributed by atoms with Gasteiger partial charge in [0, 0.05) is 26.7 Å². The first kappa shape index (κ1) is 23.7. The average Bonchev–Trinajstić information content (AvgIpc) is 3.09. The normalized spacial score (nSPS) is 10.9. The summed E-state index contributed by atoms with van der Waals surface area (Å²) in [6.45, 7) is 3.63. The van der Waals surface area contributed by atoms with Crippen molar-refractivity contribution >= 4 is 40.6 Å². The van der Waals surface area contributed by atoms with E-state index in [9.17, 15) is 14.0 Å². The van der Waals surface area contributed by atoms with Crippen LogP contribution in [0.3, 0.4) is 0 Å². The highest BCUT2D eigenvalue weighted by molar-refractivity contribution is 6.31. The molecule has 0 aliphatic heterocycles. The molecule has 0 spiro atoms. The first-order chi connectivity index (χ1) is 16.3. The first-order valence-corrected chi connectivity index (χ1v) is 11.2. The molecule has 4 rings (SSSR count). The lowest BCUT2D eigenvalue weighted by atomic mass is 9.98. The van der Waals surface area contributed by atoms with E-state index in [1.807, 2.05) is 0 Å². The molecule has 172 valence electrons. The minimum absolute atomic E-state index is 0.111. The molecule has 5 nitrogen and oxygen atoms in total. The molecule has 0 saturated carbocycles. The Balaban J connectivity index is 1.62. The summed E-state index contributed by atoms with van der Waals surface area (Å²) in [7, 11) is 0. The predicted molar refractivity (Wildman–Crippen MR) is 131 cm³/mol. The van der Waals surface area contributed by atoms with Gasteiger partial charge in [0.25, 0.3) is 5.91 Å². The number of hydrogen-bond donors (Lipinski definition) is 1. The Hall–Kier alpha value is -3.48. The number of benzene rings is 3. The van der Waals surface area contributed by atoms with Crippen molar-refractivity contribution in [1.29, 1.82) is 0 Å². The van der Waals surface area contributed by atoms with Crippen LogP contribution >= 0.6 is 23.2 Å². The Morgan fingerprint density at radius 2 is 1.62 bits per heavy atom. The summed E-state index contributed by atoms with van der Waals surface area (Å²) in [5, 5.41) is 8.12. The van der Waals surface area contributed by atoms with Crippen LogP contribution in [0.25, 0.3) is 0 Å². The molecule has 0 unspecified atom stereocenters. The highest BCUT2D eigenvalue weighted by Crippen LogP contribution is 2.26. The van der Waals surface area contributed by atoms with E-state index in [1.165, 1.54) is 12.1 Å². The maximum atomic E-state index is 14.3. The number of halogens is 3. The zero-order valence-electron chi connectivity index (χ0n) is 18.4. The molecule has 1 heterocycles. The third kappa shape index (κ3) is 4.74. The van der Waals surface area contributed by atoms with E-state index in [0.29, 0.717) is 38.2 Å². The number of carbonyl (C=O) groups excluding carboxylic acids is 2. The molecule has 0 radical (unpaired) electrons. The number of carbonyl (C=O) groups is 2. The van der Waals surface area contributed by atoms with Crippen LogP contribution in [0.1, 0.15) is 43.2 Å². The molecule has 3 aromatic carbocycles. The maximum Gasteiger partial charge on any atom is 0.256 e. The molecule has 0 fully saturated rings. The van der Waals surface area contributed by atoms with Gasteiger partial charge >= 0.3 is 0 Å². The van der Waals surface area contributed by atoms with E-state index in [4.69, 9.17) is 23.2 Å². The summed E-state index contributed by atoms with van der Waals surface area (Å²) in [6, 6.07) is 17.6. The van der Waals surface area contributed by atoms with Crippen molar-refractivity contribution in [2.24, 2.45) is 0 Å². The minimum Gasteiger partial charge on any atom is -0.319 e. The van der Waals surface area contributed by atoms with Gasteiger partial charge in [-0.3, -0.25) is 14.3 Å². The lowest BCUT2D eigenvalue weighted by Crippen LogP contribution is -2.18. The van der Waals surface area contributed by atoms with Crippen molar-refractivity contribution in [3.63, 3.8) is 0 Å². The summed E-state index contributed by atoms with van der Waals surface area (Å²) in [6.07, 6.45) is 0. The zero-order chi connectivity index (χ0) is 24.4. The largest absolute Gasteiger partial charge is 0.319 e. The van der Waals surface area contributed by atoms with E-state index in [2.05, 4.69) is 10.4 Å². The Labute approximate surface area is 206 Å². The van der Waals surface area contributed by atoms with Crippen LogP contribution in [0.2, 0.25) is 10.0 Å². The van der Waals surface area contributed by atoms with Gasteiger partial charge in [-0.05, 0) is 56.3 Å². The molecular weight excluding hydrogens is 476 g/mol. The summed E-state index contributed by atoms with van der Waals surface area (Å²) < 4.78 is 15.8. The van der Waals surface area contributed by atoms with E-state index >= 15 is 0 Å². The van der Waals surface area contributed by atoms with Gasteiger partial charge in [-0.2, -0.15) is 5.10 Å². The predicted octanol–water partition coefficient (Wildman–Crippen LogP) is 6.48. The van der Waals surface area contributed by atoms with Gasteiger partial charge in [0.2, 0.25) is 0 Å². The van der Waals surface area contributed by atoms with Gasteiger partial charge in [0.05, 0.1) is 29.2 Å². The molecule has 4 aromatic rings. The number of amides is 1. The van der Waals surface area contributed by atoms with Crippen LogP contribution in [-0.2, 0) is 6.54 Å². The van der Waals surface area contributed by atoms with Crippen molar-refractivity contribution in [1.82, 2.24) is 9.78 Å². The molecule has 8 heteroatoms. The molecule has 1 amide bonds. The quantitative estimate of drug-likeness (QED) is 0.311. The van der Waals surface area contributed by atoms with Gasteiger partial charge in [-0.15, -0.1) is 0 Å². The van der Waals surface area contributed by atoms with Crippen molar-refractivity contribution in [2.75, 3.05) is 5.32 Å². The molecule has 0 saturated heterocycles. The van der Waals surface area contributed by atoms with Crippen molar-refractivity contribution in [3.05, 3.63) is 116 Å². The number of aromatic nitrogens is 2. The summed E-state index contributed by atoms with van der Waals surface area (Å²) in [4.78, 5) is 26.3. The highest BCUT2D eigenvalue weighted by atomic mass is 35.5. The number of anilines is 1. The summed E-state index contributed by atoms with van der Waals surface area (Å²) in [5.74, 6) is -1.17. The SMILES string of the molecule is Cc1nn(Cc2c(F)cccc2Cl)c(C)c1NC(=O)c1ccccc1C(=O)c1ccc(Cl)cc1. The molecular formula is C26H20Cl2FN3O2. The van der Waals surface area contributed by atoms with Crippen LogP contribution in [0.4, 0.5) is 10.1 Å². The number of aryl methyl sites for hydroxylation is 1. The van der Waals surface area contributed by atoms with Crippen LogP contribution in [0, 0.1) is 19.7 Å². The van der Waals surface area contributed by atoms with Gasteiger partial charge < -0.3 is 5.32 Å².